The van der Waals surface area contributed by atoms with Gasteiger partial charge in [0, 0.05) is 46.5 Å². The SMILES string of the molecule is CN1C/C(=C\c2ccc(C(=O)c3ccccc3)cc2)C(=O)/C(=C/c2ccc(C(=O)c3ccccc3)cc2)C1. The van der Waals surface area contributed by atoms with E-state index >= 15 is 0 Å². The number of rotatable bonds is 6. The molecule has 0 N–H and O–H groups in total. The maximum absolute atomic E-state index is 13.3. The first-order chi connectivity index (χ1) is 18.5. The summed E-state index contributed by atoms with van der Waals surface area (Å²) in [5.74, 6) is -0.0445. The van der Waals surface area contributed by atoms with Crippen LogP contribution in [0.5, 0.6) is 0 Å². The van der Waals surface area contributed by atoms with Crippen LogP contribution >= 0.6 is 0 Å². The van der Waals surface area contributed by atoms with Gasteiger partial charge in [0.25, 0.3) is 0 Å². The molecule has 4 heteroatoms. The molecule has 4 aromatic rings. The minimum atomic E-state index is -0.0278. The van der Waals surface area contributed by atoms with E-state index in [9.17, 15) is 14.4 Å². The number of ketones is 3. The van der Waals surface area contributed by atoms with Crippen LogP contribution in [0.4, 0.5) is 0 Å². The smallest absolute Gasteiger partial charge is 0.193 e. The van der Waals surface area contributed by atoms with E-state index in [2.05, 4.69) is 4.90 Å². The zero-order valence-corrected chi connectivity index (χ0v) is 21.1. The number of benzene rings is 4. The van der Waals surface area contributed by atoms with Gasteiger partial charge in [-0.25, -0.2) is 0 Å². The summed E-state index contributed by atoms with van der Waals surface area (Å²) in [5, 5.41) is 0. The van der Waals surface area contributed by atoms with Crippen LogP contribution in [-0.4, -0.2) is 42.4 Å². The minimum Gasteiger partial charge on any atom is -0.298 e. The van der Waals surface area contributed by atoms with Crippen LogP contribution < -0.4 is 0 Å². The molecule has 0 aromatic heterocycles. The van der Waals surface area contributed by atoms with Crippen molar-refractivity contribution in [3.8, 4) is 0 Å². The molecule has 0 aliphatic carbocycles. The third-order valence-corrected chi connectivity index (χ3v) is 6.56. The topological polar surface area (TPSA) is 54.5 Å². The molecule has 0 spiro atoms. The highest BCUT2D eigenvalue weighted by Crippen LogP contribution is 2.22. The fourth-order valence-corrected chi connectivity index (χ4v) is 4.59. The highest BCUT2D eigenvalue weighted by Gasteiger charge is 2.24. The Kier molecular flexibility index (Phi) is 7.34. The molecule has 0 radical (unpaired) electrons. The highest BCUT2D eigenvalue weighted by molar-refractivity contribution is 6.15. The molecule has 0 bridgehead atoms. The zero-order valence-electron chi connectivity index (χ0n) is 21.1. The predicted molar refractivity (Wildman–Crippen MR) is 151 cm³/mol. The summed E-state index contributed by atoms with van der Waals surface area (Å²) in [6.45, 7) is 1.09. The van der Waals surface area contributed by atoms with E-state index in [1.807, 2.05) is 79.9 Å². The number of Topliss-reactive ketones (excluding diaryl/α,β-unsaturated/α-hetero) is 1. The molecule has 0 saturated carbocycles. The molecule has 186 valence electrons. The molecule has 4 aromatic carbocycles. The number of carbonyl (C=O) groups excluding carboxylic acids is 3. The Morgan fingerprint density at radius 3 is 1.26 bits per heavy atom. The largest absolute Gasteiger partial charge is 0.298 e. The van der Waals surface area contributed by atoms with E-state index in [1.54, 1.807) is 48.5 Å². The summed E-state index contributed by atoms with van der Waals surface area (Å²) in [5.41, 5.74) is 5.66. The number of likely N-dealkylation sites (tertiary alicyclic amines) is 1. The molecule has 5 rings (SSSR count). The Morgan fingerprint density at radius 2 is 0.895 bits per heavy atom. The van der Waals surface area contributed by atoms with Crippen LogP contribution in [0.2, 0.25) is 0 Å². The second-order valence-corrected chi connectivity index (χ2v) is 9.47. The fraction of sp³-hybridized carbons (Fsp3) is 0.0882. The Labute approximate surface area is 222 Å². The molecular formula is C34H27NO3. The van der Waals surface area contributed by atoms with E-state index in [0.29, 0.717) is 46.5 Å². The van der Waals surface area contributed by atoms with E-state index in [4.69, 9.17) is 0 Å². The van der Waals surface area contributed by atoms with E-state index in [1.165, 1.54) is 0 Å². The van der Waals surface area contributed by atoms with Crippen molar-refractivity contribution in [2.24, 2.45) is 0 Å². The molecule has 1 aliphatic rings. The molecule has 1 aliphatic heterocycles. The standard InChI is InChI=1S/C34H27NO3/c1-35-22-30(20-24-12-16-28(17-13-24)32(36)26-8-4-2-5-9-26)34(38)31(23-35)21-25-14-18-29(19-15-25)33(37)27-10-6-3-7-11-27/h2-21H,22-23H2,1H3/b30-20+,31-21+. The van der Waals surface area contributed by atoms with Gasteiger partial charge in [-0.3, -0.25) is 19.3 Å². The lowest BCUT2D eigenvalue weighted by Crippen LogP contribution is -2.34. The van der Waals surface area contributed by atoms with Crippen LogP contribution in [0.1, 0.15) is 43.0 Å². The van der Waals surface area contributed by atoms with Crippen LogP contribution in [0.15, 0.2) is 120 Å². The number of carbonyl (C=O) groups is 3. The van der Waals surface area contributed by atoms with Gasteiger partial charge < -0.3 is 0 Å². The van der Waals surface area contributed by atoms with Gasteiger partial charge in [-0.2, -0.15) is 0 Å². The molecule has 1 saturated heterocycles. The Morgan fingerprint density at radius 1 is 0.553 bits per heavy atom. The third kappa shape index (κ3) is 5.66. The number of nitrogens with zero attached hydrogens (tertiary/aromatic N) is 1. The van der Waals surface area contributed by atoms with Crippen molar-refractivity contribution in [2.75, 3.05) is 20.1 Å². The molecule has 0 amide bonds. The van der Waals surface area contributed by atoms with Crippen LogP contribution in [-0.2, 0) is 4.79 Å². The van der Waals surface area contributed by atoms with Gasteiger partial charge in [0.2, 0.25) is 0 Å². The monoisotopic (exact) mass is 497 g/mol. The first kappa shape index (κ1) is 25.0. The lowest BCUT2D eigenvalue weighted by Gasteiger charge is -2.26. The first-order valence-corrected chi connectivity index (χ1v) is 12.5. The van der Waals surface area contributed by atoms with Crippen molar-refractivity contribution in [3.63, 3.8) is 0 Å². The Hall–Kier alpha value is -4.67. The van der Waals surface area contributed by atoms with Gasteiger partial charge >= 0.3 is 0 Å². The second kappa shape index (κ2) is 11.2. The second-order valence-electron chi connectivity index (χ2n) is 9.47. The maximum atomic E-state index is 13.3. The Balaban J connectivity index is 1.33. The summed E-state index contributed by atoms with van der Waals surface area (Å²) in [6, 6.07) is 33.1. The number of piperidine rings is 1. The van der Waals surface area contributed by atoms with Crippen LogP contribution in [0.25, 0.3) is 12.2 Å². The maximum Gasteiger partial charge on any atom is 0.193 e. The van der Waals surface area contributed by atoms with E-state index < -0.39 is 0 Å². The molecule has 0 atom stereocenters. The highest BCUT2D eigenvalue weighted by atomic mass is 16.1. The molecule has 0 unspecified atom stereocenters. The molecule has 38 heavy (non-hydrogen) atoms. The third-order valence-electron chi connectivity index (χ3n) is 6.56. The van der Waals surface area contributed by atoms with Crippen molar-refractivity contribution < 1.29 is 14.4 Å². The summed E-state index contributed by atoms with van der Waals surface area (Å²) in [4.78, 5) is 40.8. The minimum absolute atomic E-state index is 0.0111. The van der Waals surface area contributed by atoms with E-state index in [-0.39, 0.29) is 17.3 Å². The average molecular weight is 498 g/mol. The van der Waals surface area contributed by atoms with Crippen molar-refractivity contribution >= 4 is 29.5 Å². The molecule has 4 nitrogen and oxygen atoms in total. The van der Waals surface area contributed by atoms with Crippen molar-refractivity contribution in [2.45, 2.75) is 0 Å². The summed E-state index contributed by atoms with van der Waals surface area (Å²) in [7, 11) is 1.98. The zero-order chi connectivity index (χ0) is 26.5. The van der Waals surface area contributed by atoms with Crippen molar-refractivity contribution in [1.29, 1.82) is 0 Å². The van der Waals surface area contributed by atoms with Crippen LogP contribution in [0.3, 0.4) is 0 Å². The average Bonchev–Trinajstić information content (AvgIpc) is 2.96. The lowest BCUT2D eigenvalue weighted by molar-refractivity contribution is -0.113. The lowest BCUT2D eigenvalue weighted by atomic mass is 9.93. The van der Waals surface area contributed by atoms with Gasteiger partial charge in [0.15, 0.2) is 17.3 Å². The van der Waals surface area contributed by atoms with Gasteiger partial charge in [0.1, 0.15) is 0 Å². The van der Waals surface area contributed by atoms with Gasteiger partial charge in [-0.05, 0) is 30.3 Å². The van der Waals surface area contributed by atoms with Gasteiger partial charge in [-0.15, -0.1) is 0 Å². The van der Waals surface area contributed by atoms with Gasteiger partial charge in [0.05, 0.1) is 0 Å². The summed E-state index contributed by atoms with van der Waals surface area (Å²) >= 11 is 0. The quantitative estimate of drug-likeness (QED) is 0.238. The number of hydrogen-bond acceptors (Lipinski definition) is 4. The summed E-state index contributed by atoms with van der Waals surface area (Å²) in [6.07, 6.45) is 3.79. The predicted octanol–water partition coefficient (Wildman–Crippen LogP) is 6.13. The number of hydrogen-bond donors (Lipinski definition) is 0. The molecule has 1 heterocycles. The van der Waals surface area contributed by atoms with E-state index in [0.717, 1.165) is 11.1 Å². The molecule has 1 fully saturated rings. The van der Waals surface area contributed by atoms with Crippen molar-refractivity contribution in [3.05, 3.63) is 154 Å². The van der Waals surface area contributed by atoms with Crippen LogP contribution in [0, 0.1) is 0 Å². The summed E-state index contributed by atoms with van der Waals surface area (Å²) < 4.78 is 0. The Bertz CT molecular complexity index is 1410. The van der Waals surface area contributed by atoms with Gasteiger partial charge in [-0.1, -0.05) is 109 Å². The first-order valence-electron chi connectivity index (χ1n) is 12.5. The normalized spacial score (nSPS) is 16.1. The fourth-order valence-electron chi connectivity index (χ4n) is 4.59. The van der Waals surface area contributed by atoms with Crippen molar-refractivity contribution in [1.82, 2.24) is 4.90 Å². The molecular weight excluding hydrogens is 470 g/mol. The number of likely N-dealkylation sites (N-methyl/N-ethyl adjacent to an activating group) is 1.